The minimum absolute atomic E-state index is 0.132. The van der Waals surface area contributed by atoms with Crippen LogP contribution in [-0.2, 0) is 4.79 Å². The Hall–Kier alpha value is -3.39. The van der Waals surface area contributed by atoms with Gasteiger partial charge >= 0.3 is 0 Å². The summed E-state index contributed by atoms with van der Waals surface area (Å²) in [5, 5.41) is 10.6. The number of thiazole rings is 1. The zero-order chi connectivity index (χ0) is 20.7. The van der Waals surface area contributed by atoms with Crippen molar-refractivity contribution in [3.8, 4) is 11.5 Å². The minimum atomic E-state index is -1.32. The molecule has 8 heteroatoms. The van der Waals surface area contributed by atoms with E-state index in [0.717, 1.165) is 27.7 Å². The standard InChI is InChI=1S/C21H18N2O5S/c1-11-6-14-15(7-12(11)2)23-20(26)18(29-21(23)22-14)9-13-4-5-16(17(8-13)27-3)28-10-19(24)25/h4-9H,10H2,1-3H3,(H,24,25)/p-1/b18-9-. The number of carboxylic acid groups (broad SMARTS) is 1. The predicted octanol–water partition coefficient (Wildman–Crippen LogP) is 1.21. The summed E-state index contributed by atoms with van der Waals surface area (Å²) in [5.41, 5.74) is 4.43. The molecule has 4 rings (SSSR count). The molecular formula is C21H17N2O5S-. The third-order valence-electron chi connectivity index (χ3n) is 4.69. The highest BCUT2D eigenvalue weighted by atomic mass is 32.1. The van der Waals surface area contributed by atoms with Crippen molar-refractivity contribution in [2.24, 2.45) is 0 Å². The largest absolute Gasteiger partial charge is 0.546 e. The number of rotatable bonds is 5. The zero-order valence-corrected chi connectivity index (χ0v) is 16.8. The van der Waals surface area contributed by atoms with E-state index in [9.17, 15) is 14.7 Å². The number of hydrogen-bond donors (Lipinski definition) is 0. The van der Waals surface area contributed by atoms with Gasteiger partial charge in [-0.1, -0.05) is 17.4 Å². The van der Waals surface area contributed by atoms with Crippen LogP contribution < -0.4 is 24.7 Å². The number of imidazole rings is 1. The summed E-state index contributed by atoms with van der Waals surface area (Å²) in [7, 11) is 1.46. The van der Waals surface area contributed by atoms with Gasteiger partial charge in [-0.15, -0.1) is 0 Å². The molecule has 0 unspecified atom stereocenters. The average Bonchev–Trinajstić information content (AvgIpc) is 3.17. The Morgan fingerprint density at radius 1 is 1.21 bits per heavy atom. The van der Waals surface area contributed by atoms with Gasteiger partial charge in [0.25, 0.3) is 5.56 Å². The van der Waals surface area contributed by atoms with Crippen molar-refractivity contribution in [2.45, 2.75) is 13.8 Å². The van der Waals surface area contributed by atoms with Crippen LogP contribution in [-0.4, -0.2) is 29.1 Å². The van der Waals surface area contributed by atoms with Gasteiger partial charge in [0.2, 0.25) is 0 Å². The fourth-order valence-electron chi connectivity index (χ4n) is 3.10. The topological polar surface area (TPSA) is 93.0 Å². The second kappa shape index (κ2) is 7.21. The first-order valence-corrected chi connectivity index (χ1v) is 9.63. The lowest BCUT2D eigenvalue weighted by molar-refractivity contribution is -0.307. The van der Waals surface area contributed by atoms with E-state index in [1.54, 1.807) is 28.7 Å². The van der Waals surface area contributed by atoms with E-state index in [2.05, 4.69) is 4.98 Å². The van der Waals surface area contributed by atoms with Crippen molar-refractivity contribution >= 4 is 39.4 Å². The van der Waals surface area contributed by atoms with Crippen molar-refractivity contribution < 1.29 is 19.4 Å². The van der Waals surface area contributed by atoms with Crippen molar-refractivity contribution in [1.82, 2.24) is 9.38 Å². The number of carbonyl (C=O) groups is 1. The number of nitrogens with zero attached hydrogens (tertiary/aromatic N) is 2. The van der Waals surface area contributed by atoms with Crippen molar-refractivity contribution in [3.63, 3.8) is 0 Å². The third-order valence-corrected chi connectivity index (χ3v) is 5.65. The van der Waals surface area contributed by atoms with Crippen LogP contribution in [0.1, 0.15) is 16.7 Å². The van der Waals surface area contributed by atoms with Crippen LogP contribution in [0.5, 0.6) is 11.5 Å². The Kier molecular flexibility index (Phi) is 4.71. The van der Waals surface area contributed by atoms with Gasteiger partial charge in [0.1, 0.15) is 6.61 Å². The van der Waals surface area contributed by atoms with Crippen molar-refractivity contribution in [2.75, 3.05) is 13.7 Å². The average molecular weight is 409 g/mol. The molecule has 148 valence electrons. The molecule has 0 N–H and O–H groups in total. The number of ether oxygens (including phenoxy) is 2. The van der Waals surface area contributed by atoms with Crippen LogP contribution in [0.15, 0.2) is 35.1 Å². The Morgan fingerprint density at radius 3 is 2.69 bits per heavy atom. The number of aliphatic carboxylic acids is 1. The highest BCUT2D eigenvalue weighted by Gasteiger charge is 2.13. The molecule has 0 saturated carbocycles. The van der Waals surface area contributed by atoms with Gasteiger partial charge in [-0.25, -0.2) is 9.38 Å². The molecule has 0 fully saturated rings. The monoisotopic (exact) mass is 409 g/mol. The van der Waals surface area contributed by atoms with Gasteiger partial charge < -0.3 is 19.4 Å². The summed E-state index contributed by atoms with van der Waals surface area (Å²) in [6.07, 6.45) is 1.75. The summed E-state index contributed by atoms with van der Waals surface area (Å²) in [4.78, 5) is 28.8. The number of aryl methyl sites for hydroxylation is 2. The molecule has 2 heterocycles. The maximum Gasteiger partial charge on any atom is 0.274 e. The summed E-state index contributed by atoms with van der Waals surface area (Å²) in [6.45, 7) is 3.46. The lowest BCUT2D eigenvalue weighted by Gasteiger charge is -2.11. The second-order valence-electron chi connectivity index (χ2n) is 6.64. The Labute approximate surface area is 169 Å². The van der Waals surface area contributed by atoms with E-state index in [1.165, 1.54) is 18.4 Å². The molecule has 0 atom stereocenters. The van der Waals surface area contributed by atoms with Gasteiger partial charge in [0.05, 0.1) is 28.6 Å². The molecule has 0 saturated heterocycles. The lowest BCUT2D eigenvalue weighted by atomic mass is 10.1. The lowest BCUT2D eigenvalue weighted by Crippen LogP contribution is -2.29. The van der Waals surface area contributed by atoms with E-state index in [4.69, 9.17) is 9.47 Å². The van der Waals surface area contributed by atoms with Crippen LogP contribution >= 0.6 is 11.3 Å². The Balaban J connectivity index is 1.80. The van der Waals surface area contributed by atoms with Gasteiger partial charge in [-0.05, 0) is 60.9 Å². The predicted molar refractivity (Wildman–Crippen MR) is 109 cm³/mol. The normalized spacial score (nSPS) is 12.0. The van der Waals surface area contributed by atoms with Gasteiger partial charge in [-0.2, -0.15) is 0 Å². The van der Waals surface area contributed by atoms with E-state index >= 15 is 0 Å². The van der Waals surface area contributed by atoms with Gasteiger partial charge in [0.15, 0.2) is 16.5 Å². The maximum absolute atomic E-state index is 13.0. The SMILES string of the molecule is COc1cc(/C=c2\sc3nc4cc(C)c(C)cc4n3c2=O)ccc1OCC(=O)[O-]. The van der Waals surface area contributed by atoms with E-state index < -0.39 is 12.6 Å². The molecule has 0 aliphatic heterocycles. The first kappa shape index (κ1) is 18.9. The van der Waals surface area contributed by atoms with Crippen molar-refractivity contribution in [3.05, 3.63) is 61.9 Å². The fraction of sp³-hybridized carbons (Fsp3) is 0.190. The molecule has 0 aliphatic rings. The number of aromatic nitrogens is 2. The number of fused-ring (bicyclic) bond motifs is 3. The van der Waals surface area contributed by atoms with Crippen LogP contribution in [0.3, 0.4) is 0 Å². The first-order valence-electron chi connectivity index (χ1n) is 8.82. The Morgan fingerprint density at radius 2 is 1.97 bits per heavy atom. The van der Waals surface area contributed by atoms with Crippen LogP contribution in [0.2, 0.25) is 0 Å². The zero-order valence-electron chi connectivity index (χ0n) is 16.0. The molecule has 0 bridgehead atoms. The number of benzene rings is 2. The summed E-state index contributed by atoms with van der Waals surface area (Å²) >= 11 is 1.31. The van der Waals surface area contributed by atoms with E-state index in [-0.39, 0.29) is 11.3 Å². The molecule has 0 radical (unpaired) electrons. The molecular weight excluding hydrogens is 392 g/mol. The Bertz CT molecular complexity index is 1370. The molecule has 4 aromatic rings. The second-order valence-corrected chi connectivity index (χ2v) is 7.65. The van der Waals surface area contributed by atoms with Crippen LogP contribution in [0.25, 0.3) is 22.1 Å². The summed E-state index contributed by atoms with van der Waals surface area (Å²) in [5.74, 6) is -0.669. The third kappa shape index (κ3) is 3.42. The molecule has 29 heavy (non-hydrogen) atoms. The summed E-state index contributed by atoms with van der Waals surface area (Å²) < 4.78 is 12.6. The molecule has 0 aliphatic carbocycles. The first-order chi connectivity index (χ1) is 13.9. The number of carboxylic acids is 1. The number of carbonyl (C=O) groups excluding carboxylic acids is 1. The minimum Gasteiger partial charge on any atom is -0.546 e. The van der Waals surface area contributed by atoms with Crippen molar-refractivity contribution in [1.29, 1.82) is 0 Å². The van der Waals surface area contributed by atoms with Crippen LogP contribution in [0.4, 0.5) is 0 Å². The van der Waals surface area contributed by atoms with E-state index in [0.29, 0.717) is 15.2 Å². The fourth-order valence-corrected chi connectivity index (χ4v) is 4.09. The molecule has 2 aromatic carbocycles. The highest BCUT2D eigenvalue weighted by Crippen LogP contribution is 2.28. The van der Waals surface area contributed by atoms with Crippen LogP contribution in [0, 0.1) is 13.8 Å². The molecule has 0 amide bonds. The van der Waals surface area contributed by atoms with Gasteiger partial charge in [0, 0.05) is 0 Å². The van der Waals surface area contributed by atoms with E-state index in [1.807, 2.05) is 26.0 Å². The smallest absolute Gasteiger partial charge is 0.274 e. The summed E-state index contributed by atoms with van der Waals surface area (Å²) in [6, 6.07) is 8.97. The highest BCUT2D eigenvalue weighted by molar-refractivity contribution is 7.15. The molecule has 7 nitrogen and oxygen atoms in total. The quantitative estimate of drug-likeness (QED) is 0.492. The molecule has 0 spiro atoms. The number of methoxy groups -OCH3 is 1. The maximum atomic E-state index is 13.0. The molecule has 2 aromatic heterocycles. The number of hydrogen-bond acceptors (Lipinski definition) is 7. The van der Waals surface area contributed by atoms with Gasteiger partial charge in [-0.3, -0.25) is 4.79 Å².